The normalized spacial score (nSPS) is 10.3. The van der Waals surface area contributed by atoms with E-state index in [2.05, 4.69) is 15.9 Å². The van der Waals surface area contributed by atoms with Crippen molar-refractivity contribution >= 4 is 44.9 Å². The van der Waals surface area contributed by atoms with Gasteiger partial charge in [0, 0.05) is 20.1 Å². The molecule has 0 aliphatic carbocycles. The molecule has 0 heterocycles. The molecular weight excluding hydrogens is 351 g/mol. The molecule has 0 aliphatic rings. The molecule has 19 heavy (non-hydrogen) atoms. The van der Waals surface area contributed by atoms with E-state index in [1.54, 1.807) is 36.4 Å². The quantitative estimate of drug-likeness (QED) is 0.721. The SMILES string of the molecule is COc1ccc(Cl)cc1C(=O)c1cc(Cl)ccc1Br. The second kappa shape index (κ2) is 5.95. The fourth-order valence-corrected chi connectivity index (χ4v) is 2.45. The molecule has 0 aromatic heterocycles. The van der Waals surface area contributed by atoms with Gasteiger partial charge in [-0.3, -0.25) is 4.79 Å². The minimum Gasteiger partial charge on any atom is -0.496 e. The molecule has 0 saturated carbocycles. The maximum Gasteiger partial charge on any atom is 0.197 e. The molecule has 2 rings (SSSR count). The Morgan fingerprint density at radius 2 is 1.63 bits per heavy atom. The number of benzene rings is 2. The van der Waals surface area contributed by atoms with Gasteiger partial charge in [-0.05, 0) is 36.4 Å². The zero-order chi connectivity index (χ0) is 14.0. The summed E-state index contributed by atoms with van der Waals surface area (Å²) in [6, 6.07) is 9.95. The number of carbonyl (C=O) groups excluding carboxylic acids is 1. The third-order valence-corrected chi connectivity index (χ3v) is 3.74. The highest BCUT2D eigenvalue weighted by Crippen LogP contribution is 2.29. The highest BCUT2D eigenvalue weighted by Gasteiger charge is 2.17. The van der Waals surface area contributed by atoms with Crippen molar-refractivity contribution in [3.63, 3.8) is 0 Å². The van der Waals surface area contributed by atoms with Crippen LogP contribution in [0.1, 0.15) is 15.9 Å². The second-order valence-electron chi connectivity index (χ2n) is 3.80. The van der Waals surface area contributed by atoms with Crippen molar-refractivity contribution in [2.45, 2.75) is 0 Å². The van der Waals surface area contributed by atoms with Crippen molar-refractivity contribution in [3.05, 3.63) is 62.0 Å². The van der Waals surface area contributed by atoms with Gasteiger partial charge in [0.1, 0.15) is 5.75 Å². The third kappa shape index (κ3) is 3.11. The topological polar surface area (TPSA) is 26.3 Å². The van der Waals surface area contributed by atoms with Gasteiger partial charge >= 0.3 is 0 Å². The van der Waals surface area contributed by atoms with Crippen LogP contribution in [0, 0.1) is 0 Å². The van der Waals surface area contributed by atoms with E-state index in [1.807, 2.05) is 0 Å². The molecular formula is C14H9BrCl2O2. The Morgan fingerprint density at radius 1 is 1.05 bits per heavy atom. The van der Waals surface area contributed by atoms with Gasteiger partial charge in [-0.2, -0.15) is 0 Å². The van der Waals surface area contributed by atoms with Crippen LogP contribution in [0.25, 0.3) is 0 Å². The van der Waals surface area contributed by atoms with Crippen LogP contribution < -0.4 is 4.74 Å². The molecule has 2 aromatic rings. The molecule has 0 atom stereocenters. The number of methoxy groups -OCH3 is 1. The molecule has 0 fully saturated rings. The molecule has 2 aromatic carbocycles. The first-order valence-corrected chi connectivity index (χ1v) is 6.91. The molecule has 0 spiro atoms. The van der Waals surface area contributed by atoms with Gasteiger partial charge < -0.3 is 4.74 Å². The largest absolute Gasteiger partial charge is 0.496 e. The van der Waals surface area contributed by atoms with E-state index in [0.717, 1.165) is 0 Å². The second-order valence-corrected chi connectivity index (χ2v) is 5.53. The van der Waals surface area contributed by atoms with Crippen molar-refractivity contribution in [1.29, 1.82) is 0 Å². The van der Waals surface area contributed by atoms with Gasteiger partial charge in [0.15, 0.2) is 5.78 Å². The van der Waals surface area contributed by atoms with E-state index in [1.165, 1.54) is 7.11 Å². The van der Waals surface area contributed by atoms with Crippen molar-refractivity contribution in [2.24, 2.45) is 0 Å². The zero-order valence-electron chi connectivity index (χ0n) is 9.91. The summed E-state index contributed by atoms with van der Waals surface area (Å²) >= 11 is 15.2. The number of rotatable bonds is 3. The van der Waals surface area contributed by atoms with Gasteiger partial charge in [-0.25, -0.2) is 0 Å². The van der Waals surface area contributed by atoms with Crippen molar-refractivity contribution in [1.82, 2.24) is 0 Å². The van der Waals surface area contributed by atoms with E-state index in [-0.39, 0.29) is 5.78 Å². The smallest absolute Gasteiger partial charge is 0.197 e. The molecule has 0 amide bonds. The van der Waals surface area contributed by atoms with Gasteiger partial charge in [0.05, 0.1) is 12.7 Å². The van der Waals surface area contributed by atoms with Crippen LogP contribution in [-0.2, 0) is 0 Å². The van der Waals surface area contributed by atoms with Crippen LogP contribution in [0.4, 0.5) is 0 Å². The summed E-state index contributed by atoms with van der Waals surface area (Å²) in [4.78, 5) is 12.5. The van der Waals surface area contributed by atoms with Crippen LogP contribution >= 0.6 is 39.1 Å². The number of carbonyl (C=O) groups is 1. The number of hydrogen-bond acceptors (Lipinski definition) is 2. The molecule has 98 valence electrons. The lowest BCUT2D eigenvalue weighted by Gasteiger charge is -2.09. The number of ether oxygens (including phenoxy) is 1. The molecule has 0 saturated heterocycles. The molecule has 2 nitrogen and oxygen atoms in total. The van der Waals surface area contributed by atoms with Crippen molar-refractivity contribution in [3.8, 4) is 5.75 Å². The van der Waals surface area contributed by atoms with Gasteiger partial charge in [-0.15, -0.1) is 0 Å². The Labute approximate surface area is 129 Å². The lowest BCUT2D eigenvalue weighted by atomic mass is 10.0. The monoisotopic (exact) mass is 358 g/mol. The minimum absolute atomic E-state index is 0.200. The predicted molar refractivity (Wildman–Crippen MR) is 80.6 cm³/mol. The maximum atomic E-state index is 12.5. The third-order valence-electron chi connectivity index (χ3n) is 2.58. The fraction of sp³-hybridized carbons (Fsp3) is 0.0714. The van der Waals surface area contributed by atoms with Crippen LogP contribution in [0.15, 0.2) is 40.9 Å². The Kier molecular flexibility index (Phi) is 4.50. The first-order chi connectivity index (χ1) is 9.02. The lowest BCUT2D eigenvalue weighted by Crippen LogP contribution is -2.05. The zero-order valence-corrected chi connectivity index (χ0v) is 13.0. The summed E-state index contributed by atoms with van der Waals surface area (Å²) in [5.74, 6) is 0.273. The summed E-state index contributed by atoms with van der Waals surface area (Å²) < 4.78 is 5.86. The van der Waals surface area contributed by atoms with Gasteiger partial charge in [-0.1, -0.05) is 39.1 Å². The van der Waals surface area contributed by atoms with Crippen molar-refractivity contribution in [2.75, 3.05) is 7.11 Å². The number of halogens is 3. The highest BCUT2D eigenvalue weighted by atomic mass is 79.9. The Hall–Kier alpha value is -1.03. The van der Waals surface area contributed by atoms with E-state index in [0.29, 0.717) is 31.4 Å². The van der Waals surface area contributed by atoms with E-state index < -0.39 is 0 Å². The number of hydrogen-bond donors (Lipinski definition) is 0. The first kappa shape index (κ1) is 14.4. The van der Waals surface area contributed by atoms with Gasteiger partial charge in [0.25, 0.3) is 0 Å². The summed E-state index contributed by atoms with van der Waals surface area (Å²) in [5, 5.41) is 0.967. The van der Waals surface area contributed by atoms with E-state index in [4.69, 9.17) is 27.9 Å². The van der Waals surface area contributed by atoms with Crippen LogP contribution in [0.2, 0.25) is 10.0 Å². The van der Waals surface area contributed by atoms with Crippen LogP contribution in [-0.4, -0.2) is 12.9 Å². The first-order valence-electron chi connectivity index (χ1n) is 5.36. The van der Waals surface area contributed by atoms with E-state index >= 15 is 0 Å². The highest BCUT2D eigenvalue weighted by molar-refractivity contribution is 9.10. The summed E-state index contributed by atoms with van der Waals surface area (Å²) in [5.41, 5.74) is 0.867. The van der Waals surface area contributed by atoms with Crippen molar-refractivity contribution < 1.29 is 9.53 Å². The maximum absolute atomic E-state index is 12.5. The van der Waals surface area contributed by atoms with E-state index in [9.17, 15) is 4.79 Å². The molecule has 0 unspecified atom stereocenters. The van der Waals surface area contributed by atoms with Crippen LogP contribution in [0.5, 0.6) is 5.75 Å². The average Bonchev–Trinajstić information content (AvgIpc) is 2.40. The number of ketones is 1. The predicted octanol–water partition coefficient (Wildman–Crippen LogP) is 5.00. The van der Waals surface area contributed by atoms with Gasteiger partial charge in [0.2, 0.25) is 0 Å². The molecule has 5 heteroatoms. The molecule has 0 aliphatic heterocycles. The Morgan fingerprint density at radius 3 is 2.26 bits per heavy atom. The molecule has 0 radical (unpaired) electrons. The standard InChI is InChI=1S/C14H9BrCl2O2/c1-19-13-5-3-9(17)7-11(13)14(18)10-6-8(16)2-4-12(10)15/h2-7H,1H3. The summed E-state index contributed by atoms with van der Waals surface area (Å²) in [6.45, 7) is 0. The lowest BCUT2D eigenvalue weighted by molar-refractivity contribution is 0.103. The average molecular weight is 360 g/mol. The fourth-order valence-electron chi connectivity index (χ4n) is 1.67. The Bertz CT molecular complexity index is 641. The Balaban J connectivity index is 2.55. The molecule has 0 bridgehead atoms. The van der Waals surface area contributed by atoms with Crippen LogP contribution in [0.3, 0.4) is 0 Å². The molecule has 0 N–H and O–H groups in total. The summed E-state index contributed by atoms with van der Waals surface area (Å²) in [7, 11) is 1.51. The minimum atomic E-state index is -0.200. The summed E-state index contributed by atoms with van der Waals surface area (Å²) in [6.07, 6.45) is 0.